The molecule has 2 heterocycles. The van der Waals surface area contributed by atoms with E-state index in [-0.39, 0.29) is 16.8 Å². The summed E-state index contributed by atoms with van der Waals surface area (Å²) in [6.07, 6.45) is 2.77. The van der Waals surface area contributed by atoms with Crippen LogP contribution in [0.15, 0.2) is 34.7 Å². The summed E-state index contributed by atoms with van der Waals surface area (Å²) in [5.74, 6) is -0.136. The van der Waals surface area contributed by atoms with Crippen LogP contribution in [0.25, 0.3) is 0 Å². The third-order valence-electron chi connectivity index (χ3n) is 5.93. The summed E-state index contributed by atoms with van der Waals surface area (Å²) in [6.45, 7) is 11.4. The van der Waals surface area contributed by atoms with Crippen LogP contribution < -0.4 is 10.2 Å². The molecule has 176 valence electrons. The van der Waals surface area contributed by atoms with Gasteiger partial charge in [-0.25, -0.2) is 13.4 Å². The monoisotopic (exact) mass is 479 g/mol. The fraction of sp³-hybridized carbons (Fsp3) is 0.545. The topological polar surface area (TPSA) is 85.8 Å². The summed E-state index contributed by atoms with van der Waals surface area (Å²) in [7, 11) is -3.60. The smallest absolute Gasteiger partial charge is 0.243 e. The zero-order valence-corrected chi connectivity index (χ0v) is 20.9. The maximum absolute atomic E-state index is 13.0. The molecule has 0 saturated carbocycles. The highest BCUT2D eigenvalue weighted by Crippen LogP contribution is 2.24. The minimum absolute atomic E-state index is 0.136. The molecule has 1 N–H and O–H groups in total. The Morgan fingerprint density at radius 3 is 2.62 bits per heavy atom. The van der Waals surface area contributed by atoms with Crippen LogP contribution in [0.2, 0.25) is 0 Å². The number of amides is 1. The largest absolute Gasteiger partial charge is 0.347 e. The lowest BCUT2D eigenvalue weighted by Gasteiger charge is -2.27. The lowest BCUT2D eigenvalue weighted by atomic mass is 10.2. The number of hydrogen-bond acceptors (Lipinski definition) is 7. The molecule has 0 bridgehead atoms. The average molecular weight is 480 g/mol. The van der Waals surface area contributed by atoms with Gasteiger partial charge >= 0.3 is 0 Å². The lowest BCUT2D eigenvalue weighted by Crippen LogP contribution is -2.44. The van der Waals surface area contributed by atoms with Gasteiger partial charge in [-0.05, 0) is 38.0 Å². The third kappa shape index (κ3) is 5.48. The Morgan fingerprint density at radius 2 is 1.97 bits per heavy atom. The van der Waals surface area contributed by atoms with Crippen LogP contribution >= 0.6 is 11.3 Å². The quantitative estimate of drug-likeness (QED) is 0.626. The molecule has 1 aromatic heterocycles. The SMILES string of the molecule is CCN(CC)S(=O)(=O)c1cc(NC(=O)C(C)N2CCCN(c3nccs3)CC2)ccc1C. The fourth-order valence-electron chi connectivity index (χ4n) is 3.96. The van der Waals surface area contributed by atoms with Gasteiger partial charge in [0.15, 0.2) is 5.13 Å². The summed E-state index contributed by atoms with van der Waals surface area (Å²) in [4.78, 5) is 22.1. The number of hydrogen-bond donors (Lipinski definition) is 1. The molecule has 3 rings (SSSR count). The van der Waals surface area contributed by atoms with E-state index in [1.165, 1.54) is 4.31 Å². The van der Waals surface area contributed by atoms with Crippen molar-refractivity contribution in [3.05, 3.63) is 35.3 Å². The predicted molar refractivity (Wildman–Crippen MR) is 130 cm³/mol. The van der Waals surface area contributed by atoms with Crippen molar-refractivity contribution in [3.63, 3.8) is 0 Å². The van der Waals surface area contributed by atoms with E-state index in [1.54, 1.807) is 36.5 Å². The van der Waals surface area contributed by atoms with Gasteiger partial charge in [0.1, 0.15) is 0 Å². The molecular formula is C22H33N5O3S2. The number of carbonyl (C=O) groups excluding carboxylic acids is 1. The Kier molecular flexibility index (Phi) is 8.26. The van der Waals surface area contributed by atoms with Crippen LogP contribution in [0.4, 0.5) is 10.8 Å². The number of sulfonamides is 1. The molecule has 0 spiro atoms. The lowest BCUT2D eigenvalue weighted by molar-refractivity contribution is -0.120. The van der Waals surface area contributed by atoms with E-state index in [9.17, 15) is 13.2 Å². The van der Waals surface area contributed by atoms with Gasteiger partial charge < -0.3 is 10.2 Å². The zero-order chi connectivity index (χ0) is 23.3. The first kappa shape index (κ1) is 24.6. The van der Waals surface area contributed by atoms with Crippen LogP contribution in [0.1, 0.15) is 32.8 Å². The number of rotatable bonds is 8. The van der Waals surface area contributed by atoms with Gasteiger partial charge in [0.05, 0.1) is 10.9 Å². The van der Waals surface area contributed by atoms with Crippen molar-refractivity contribution < 1.29 is 13.2 Å². The summed E-state index contributed by atoms with van der Waals surface area (Å²) in [5, 5.41) is 5.92. The highest BCUT2D eigenvalue weighted by atomic mass is 32.2. The molecule has 2 aromatic rings. The predicted octanol–water partition coefficient (Wildman–Crippen LogP) is 3.02. The van der Waals surface area contributed by atoms with Gasteiger partial charge in [0.25, 0.3) is 0 Å². The van der Waals surface area contributed by atoms with Gasteiger partial charge in [0, 0.05) is 56.5 Å². The Morgan fingerprint density at radius 1 is 1.22 bits per heavy atom. The minimum atomic E-state index is -3.60. The van der Waals surface area contributed by atoms with E-state index in [0.717, 1.165) is 37.7 Å². The Balaban J connectivity index is 1.69. The molecule has 1 atom stereocenters. The average Bonchev–Trinajstić information content (AvgIpc) is 3.19. The van der Waals surface area contributed by atoms with Crippen molar-refractivity contribution in [2.45, 2.75) is 45.1 Å². The number of aromatic nitrogens is 1. The summed E-state index contributed by atoms with van der Waals surface area (Å²) in [6, 6.07) is 4.75. The number of carbonyl (C=O) groups is 1. The van der Waals surface area contributed by atoms with Crippen molar-refractivity contribution in [1.82, 2.24) is 14.2 Å². The van der Waals surface area contributed by atoms with Gasteiger partial charge in [-0.3, -0.25) is 9.69 Å². The molecule has 1 fully saturated rings. The first-order valence-corrected chi connectivity index (χ1v) is 13.4. The fourth-order valence-corrected chi connectivity index (χ4v) is 6.36. The van der Waals surface area contributed by atoms with Gasteiger partial charge in [0.2, 0.25) is 15.9 Å². The van der Waals surface area contributed by atoms with E-state index >= 15 is 0 Å². The van der Waals surface area contributed by atoms with Crippen molar-refractivity contribution in [2.75, 3.05) is 49.5 Å². The van der Waals surface area contributed by atoms with Gasteiger partial charge in [-0.1, -0.05) is 19.9 Å². The second-order valence-corrected chi connectivity index (χ2v) is 10.7. The second kappa shape index (κ2) is 10.7. The molecular weight excluding hydrogens is 446 g/mol. The van der Waals surface area contributed by atoms with Gasteiger partial charge in [-0.2, -0.15) is 4.31 Å². The highest BCUT2D eigenvalue weighted by Gasteiger charge is 2.27. The summed E-state index contributed by atoms with van der Waals surface area (Å²) < 4.78 is 27.4. The summed E-state index contributed by atoms with van der Waals surface area (Å²) >= 11 is 1.63. The van der Waals surface area contributed by atoms with Crippen LogP contribution in [-0.4, -0.2) is 73.8 Å². The molecule has 1 amide bonds. The van der Waals surface area contributed by atoms with Crippen molar-refractivity contribution in [2.24, 2.45) is 0 Å². The molecule has 32 heavy (non-hydrogen) atoms. The molecule has 10 heteroatoms. The number of anilines is 2. The molecule has 1 unspecified atom stereocenters. The Labute approximate surface area is 195 Å². The van der Waals surface area contributed by atoms with Crippen molar-refractivity contribution in [1.29, 1.82) is 0 Å². The number of thiazole rings is 1. The standard InChI is InChI=1S/C22H33N5O3S2/c1-5-27(6-2)32(29,30)20-16-19(9-8-17(20)3)24-21(28)18(4)25-11-7-12-26(14-13-25)22-23-10-15-31-22/h8-10,15-16,18H,5-7,11-14H2,1-4H3,(H,24,28). The molecule has 0 aliphatic carbocycles. The molecule has 0 radical (unpaired) electrons. The normalized spacial score (nSPS) is 16.7. The first-order valence-electron chi connectivity index (χ1n) is 11.1. The number of nitrogens with zero attached hydrogens (tertiary/aromatic N) is 4. The Hall–Kier alpha value is -2.01. The molecule has 1 aliphatic heterocycles. The summed E-state index contributed by atoms with van der Waals surface area (Å²) in [5.41, 5.74) is 1.16. The molecule has 1 aromatic carbocycles. The molecule has 8 nitrogen and oxygen atoms in total. The van der Waals surface area contributed by atoms with E-state index in [0.29, 0.717) is 24.3 Å². The minimum Gasteiger partial charge on any atom is -0.347 e. The maximum atomic E-state index is 13.0. The van der Waals surface area contributed by atoms with Crippen molar-refractivity contribution >= 4 is 38.1 Å². The number of benzene rings is 1. The van der Waals surface area contributed by atoms with Crippen LogP contribution in [0.3, 0.4) is 0 Å². The number of nitrogens with one attached hydrogen (secondary N) is 1. The molecule has 1 aliphatic rings. The van der Waals surface area contributed by atoms with E-state index in [4.69, 9.17) is 0 Å². The maximum Gasteiger partial charge on any atom is 0.243 e. The first-order chi connectivity index (χ1) is 15.3. The zero-order valence-electron chi connectivity index (χ0n) is 19.2. The second-order valence-electron chi connectivity index (χ2n) is 7.93. The van der Waals surface area contributed by atoms with Crippen LogP contribution in [0, 0.1) is 6.92 Å². The van der Waals surface area contributed by atoms with E-state index in [1.807, 2.05) is 32.3 Å². The third-order valence-corrected chi connectivity index (χ3v) is 8.95. The van der Waals surface area contributed by atoms with Crippen LogP contribution in [0.5, 0.6) is 0 Å². The number of aryl methyl sites for hydroxylation is 1. The Bertz CT molecular complexity index is 1010. The van der Waals surface area contributed by atoms with Crippen LogP contribution in [-0.2, 0) is 14.8 Å². The van der Waals surface area contributed by atoms with Gasteiger partial charge in [-0.15, -0.1) is 11.3 Å². The van der Waals surface area contributed by atoms with E-state index < -0.39 is 10.0 Å². The van der Waals surface area contributed by atoms with Crippen molar-refractivity contribution in [3.8, 4) is 0 Å². The van der Waals surface area contributed by atoms with E-state index in [2.05, 4.69) is 20.1 Å². The molecule has 1 saturated heterocycles. The highest BCUT2D eigenvalue weighted by molar-refractivity contribution is 7.89.